The number of benzene rings is 2. The van der Waals surface area contributed by atoms with Gasteiger partial charge in [0.05, 0.1) is 6.61 Å². The predicted octanol–water partition coefficient (Wildman–Crippen LogP) is 3.84. The van der Waals surface area contributed by atoms with E-state index in [0.29, 0.717) is 18.0 Å². The Kier molecular flexibility index (Phi) is 6.37. The minimum Gasteiger partial charge on any atom is -0.494 e. The van der Waals surface area contributed by atoms with Crippen LogP contribution in [0.5, 0.6) is 5.75 Å². The molecule has 0 fully saturated rings. The van der Waals surface area contributed by atoms with E-state index in [2.05, 4.69) is 21.2 Å². The molecule has 0 saturated carbocycles. The number of ether oxygens (including phenoxy) is 1. The first-order chi connectivity index (χ1) is 11.5. The van der Waals surface area contributed by atoms with E-state index in [1.807, 2.05) is 19.1 Å². The highest BCUT2D eigenvalue weighted by molar-refractivity contribution is 9.10. The summed E-state index contributed by atoms with van der Waals surface area (Å²) in [5, 5.41) is 2.78. The molecule has 2 aromatic rings. The van der Waals surface area contributed by atoms with Gasteiger partial charge < -0.3 is 15.0 Å². The van der Waals surface area contributed by atoms with Gasteiger partial charge in [-0.25, -0.2) is 0 Å². The van der Waals surface area contributed by atoms with E-state index in [1.165, 1.54) is 11.8 Å². The number of nitrogens with one attached hydrogen (secondary N) is 1. The van der Waals surface area contributed by atoms with Gasteiger partial charge in [-0.1, -0.05) is 15.9 Å². The highest BCUT2D eigenvalue weighted by Gasteiger charge is 2.15. The molecule has 0 aromatic heterocycles. The number of halogens is 1. The number of amides is 2. The van der Waals surface area contributed by atoms with Gasteiger partial charge in [0.25, 0.3) is 0 Å². The van der Waals surface area contributed by atoms with Crippen LogP contribution in [0.3, 0.4) is 0 Å². The lowest BCUT2D eigenvalue weighted by atomic mass is 10.2. The predicted molar refractivity (Wildman–Crippen MR) is 98.4 cm³/mol. The van der Waals surface area contributed by atoms with E-state index in [-0.39, 0.29) is 18.4 Å². The van der Waals surface area contributed by atoms with Crippen LogP contribution in [0.4, 0.5) is 11.4 Å². The first-order valence-electron chi connectivity index (χ1n) is 7.56. The summed E-state index contributed by atoms with van der Waals surface area (Å²) >= 11 is 3.35. The number of rotatable bonds is 6. The minimum atomic E-state index is -0.266. The molecule has 0 atom stereocenters. The number of carbonyl (C=O) groups is 2. The van der Waals surface area contributed by atoms with Crippen molar-refractivity contribution >= 4 is 39.1 Å². The van der Waals surface area contributed by atoms with Gasteiger partial charge >= 0.3 is 0 Å². The van der Waals surface area contributed by atoms with E-state index in [0.717, 1.165) is 10.2 Å². The molecule has 0 aliphatic carbocycles. The van der Waals surface area contributed by atoms with Crippen LogP contribution in [-0.4, -0.2) is 25.0 Å². The van der Waals surface area contributed by atoms with Gasteiger partial charge in [0.15, 0.2) is 0 Å². The fourth-order valence-corrected chi connectivity index (χ4v) is 2.42. The molecule has 2 aromatic carbocycles. The van der Waals surface area contributed by atoms with E-state index in [9.17, 15) is 9.59 Å². The number of nitrogens with zero attached hydrogens (tertiary/aromatic N) is 1. The molecule has 1 N–H and O–H groups in total. The van der Waals surface area contributed by atoms with Crippen LogP contribution in [0.2, 0.25) is 0 Å². The maximum absolute atomic E-state index is 12.2. The minimum absolute atomic E-state index is 0.0514. The van der Waals surface area contributed by atoms with E-state index >= 15 is 0 Å². The maximum atomic E-state index is 12.2. The lowest BCUT2D eigenvalue weighted by Crippen LogP contribution is -2.36. The molecule has 2 rings (SSSR count). The third kappa shape index (κ3) is 5.09. The Morgan fingerprint density at radius 1 is 1.08 bits per heavy atom. The Hall–Kier alpha value is -2.34. The molecular formula is C18H19BrN2O3. The summed E-state index contributed by atoms with van der Waals surface area (Å²) in [5.74, 6) is 0.284. The third-order valence-corrected chi connectivity index (χ3v) is 3.80. The number of carbonyl (C=O) groups excluding carboxylic acids is 2. The fourth-order valence-electron chi connectivity index (χ4n) is 2.15. The summed E-state index contributed by atoms with van der Waals surface area (Å²) in [7, 11) is 0. The Morgan fingerprint density at radius 2 is 1.71 bits per heavy atom. The third-order valence-electron chi connectivity index (χ3n) is 3.27. The largest absolute Gasteiger partial charge is 0.494 e. The van der Waals surface area contributed by atoms with E-state index in [4.69, 9.17) is 4.74 Å². The van der Waals surface area contributed by atoms with Crippen molar-refractivity contribution in [1.82, 2.24) is 0 Å². The van der Waals surface area contributed by atoms with Crippen LogP contribution in [0.15, 0.2) is 53.0 Å². The second-order valence-electron chi connectivity index (χ2n) is 5.09. The number of hydrogen-bond donors (Lipinski definition) is 1. The van der Waals surface area contributed by atoms with Crippen LogP contribution in [0.1, 0.15) is 13.8 Å². The molecule has 6 heteroatoms. The van der Waals surface area contributed by atoms with Gasteiger partial charge in [-0.05, 0) is 55.5 Å². The standard InChI is InChI=1S/C18H19BrN2O3/c1-3-24-17-10-6-15(7-11-17)20-18(23)12-21(13(2)22)16-8-4-14(19)5-9-16/h4-11H,3,12H2,1-2H3,(H,20,23). The quantitative estimate of drug-likeness (QED) is 0.814. The summed E-state index contributed by atoms with van der Waals surface area (Å²) < 4.78 is 6.27. The highest BCUT2D eigenvalue weighted by atomic mass is 79.9. The SMILES string of the molecule is CCOc1ccc(NC(=O)CN(C(C)=O)c2ccc(Br)cc2)cc1. The zero-order chi connectivity index (χ0) is 17.5. The highest BCUT2D eigenvalue weighted by Crippen LogP contribution is 2.19. The van der Waals surface area contributed by atoms with Gasteiger partial charge in [0.2, 0.25) is 11.8 Å². The molecule has 0 bridgehead atoms. The van der Waals surface area contributed by atoms with Crippen molar-refractivity contribution in [2.75, 3.05) is 23.4 Å². The van der Waals surface area contributed by atoms with Crippen molar-refractivity contribution in [3.8, 4) is 5.75 Å². The van der Waals surface area contributed by atoms with Crippen molar-refractivity contribution in [2.45, 2.75) is 13.8 Å². The van der Waals surface area contributed by atoms with Crippen molar-refractivity contribution in [2.24, 2.45) is 0 Å². The van der Waals surface area contributed by atoms with Crippen LogP contribution in [0.25, 0.3) is 0 Å². The van der Waals surface area contributed by atoms with Gasteiger partial charge in [-0.15, -0.1) is 0 Å². The molecule has 0 aliphatic rings. The van der Waals surface area contributed by atoms with Crippen LogP contribution in [-0.2, 0) is 9.59 Å². The Labute approximate surface area is 149 Å². The van der Waals surface area contributed by atoms with Crippen molar-refractivity contribution in [3.63, 3.8) is 0 Å². The number of hydrogen-bond acceptors (Lipinski definition) is 3. The smallest absolute Gasteiger partial charge is 0.244 e. The zero-order valence-corrected chi connectivity index (χ0v) is 15.2. The second kappa shape index (κ2) is 8.49. The summed E-state index contributed by atoms with van der Waals surface area (Å²) in [6, 6.07) is 14.3. The average molecular weight is 391 g/mol. The fraction of sp³-hybridized carbons (Fsp3) is 0.222. The van der Waals surface area contributed by atoms with E-state index < -0.39 is 0 Å². The first kappa shape index (κ1) is 18.0. The zero-order valence-electron chi connectivity index (χ0n) is 13.6. The molecular weight excluding hydrogens is 372 g/mol. The average Bonchev–Trinajstić information content (AvgIpc) is 2.55. The Bertz CT molecular complexity index is 699. The van der Waals surface area contributed by atoms with E-state index in [1.54, 1.807) is 36.4 Å². The maximum Gasteiger partial charge on any atom is 0.244 e. The Balaban J connectivity index is 2.02. The molecule has 0 aliphatic heterocycles. The lowest BCUT2D eigenvalue weighted by molar-refractivity contribution is -0.120. The second-order valence-corrected chi connectivity index (χ2v) is 6.00. The summed E-state index contributed by atoms with van der Waals surface area (Å²) in [5.41, 5.74) is 1.33. The van der Waals surface area contributed by atoms with Crippen molar-refractivity contribution in [3.05, 3.63) is 53.0 Å². The topological polar surface area (TPSA) is 58.6 Å². The van der Waals surface area contributed by atoms with Gasteiger partial charge in [-0.2, -0.15) is 0 Å². The van der Waals surface area contributed by atoms with Crippen LogP contribution < -0.4 is 15.0 Å². The molecule has 0 radical (unpaired) electrons. The van der Waals surface area contributed by atoms with Crippen LogP contribution in [0, 0.1) is 0 Å². The van der Waals surface area contributed by atoms with Gasteiger partial charge in [0, 0.05) is 22.8 Å². The number of anilines is 2. The van der Waals surface area contributed by atoms with Gasteiger partial charge in [-0.3, -0.25) is 9.59 Å². The molecule has 5 nitrogen and oxygen atoms in total. The molecule has 24 heavy (non-hydrogen) atoms. The van der Waals surface area contributed by atoms with Crippen molar-refractivity contribution in [1.29, 1.82) is 0 Å². The Morgan fingerprint density at radius 3 is 2.25 bits per heavy atom. The van der Waals surface area contributed by atoms with Gasteiger partial charge in [0.1, 0.15) is 12.3 Å². The summed E-state index contributed by atoms with van der Waals surface area (Å²) in [4.78, 5) is 25.5. The molecule has 0 saturated heterocycles. The first-order valence-corrected chi connectivity index (χ1v) is 8.35. The van der Waals surface area contributed by atoms with Crippen molar-refractivity contribution < 1.29 is 14.3 Å². The molecule has 2 amide bonds. The normalized spacial score (nSPS) is 10.1. The van der Waals surface area contributed by atoms with Crippen LogP contribution >= 0.6 is 15.9 Å². The summed E-state index contributed by atoms with van der Waals surface area (Å²) in [6.45, 7) is 3.89. The monoisotopic (exact) mass is 390 g/mol. The molecule has 0 unspecified atom stereocenters. The molecule has 126 valence electrons. The molecule has 0 heterocycles. The lowest BCUT2D eigenvalue weighted by Gasteiger charge is -2.20. The molecule has 0 spiro atoms. The summed E-state index contributed by atoms with van der Waals surface area (Å²) in [6.07, 6.45) is 0.